The fourth-order valence-electron chi connectivity index (χ4n) is 3.79. The SMILES string of the molecule is CC(Nc1nccc(N2CCOC2=O)c1F)c1cc2cc(Cl)c(OCC3CC3)cc2[nH]c1=O. The number of ether oxygens (including phenoxy) is 2. The summed E-state index contributed by atoms with van der Waals surface area (Å²) in [6.45, 7) is 2.79. The van der Waals surface area contributed by atoms with E-state index in [0.717, 1.165) is 18.2 Å². The first-order valence-corrected chi connectivity index (χ1v) is 11.1. The van der Waals surface area contributed by atoms with Crippen molar-refractivity contribution in [3.8, 4) is 5.75 Å². The molecule has 8 nitrogen and oxygen atoms in total. The second kappa shape index (κ2) is 8.55. The van der Waals surface area contributed by atoms with Crippen LogP contribution in [0.1, 0.15) is 31.4 Å². The second-order valence-electron chi connectivity index (χ2n) is 8.30. The van der Waals surface area contributed by atoms with E-state index in [4.69, 9.17) is 21.1 Å². The van der Waals surface area contributed by atoms with Crippen LogP contribution < -0.4 is 20.5 Å². The van der Waals surface area contributed by atoms with Gasteiger partial charge in [0, 0.05) is 23.2 Å². The van der Waals surface area contributed by atoms with Gasteiger partial charge in [-0.15, -0.1) is 0 Å². The van der Waals surface area contributed by atoms with E-state index >= 15 is 4.39 Å². The topological polar surface area (TPSA) is 96.5 Å². The Morgan fingerprint density at radius 1 is 1.36 bits per heavy atom. The molecule has 1 atom stereocenters. The highest BCUT2D eigenvalue weighted by Crippen LogP contribution is 2.34. The molecule has 2 aromatic heterocycles. The lowest BCUT2D eigenvalue weighted by molar-refractivity contribution is 0.181. The summed E-state index contributed by atoms with van der Waals surface area (Å²) in [4.78, 5) is 32.7. The smallest absolute Gasteiger partial charge is 0.414 e. The lowest BCUT2D eigenvalue weighted by atomic mass is 10.1. The van der Waals surface area contributed by atoms with E-state index in [9.17, 15) is 9.59 Å². The Labute approximate surface area is 193 Å². The van der Waals surface area contributed by atoms with Crippen molar-refractivity contribution in [2.75, 3.05) is 30.0 Å². The summed E-state index contributed by atoms with van der Waals surface area (Å²) >= 11 is 6.39. The van der Waals surface area contributed by atoms with Crippen molar-refractivity contribution in [2.45, 2.75) is 25.8 Å². The number of pyridine rings is 2. The molecule has 1 saturated carbocycles. The number of fused-ring (bicyclic) bond motifs is 1. The normalized spacial score (nSPS) is 16.7. The predicted octanol–water partition coefficient (Wildman–Crippen LogP) is 4.63. The molecule has 3 aromatic rings. The molecule has 0 bridgehead atoms. The summed E-state index contributed by atoms with van der Waals surface area (Å²) in [6, 6.07) is 6.01. The molecule has 1 aliphatic carbocycles. The number of nitrogens with one attached hydrogen (secondary N) is 2. The number of nitrogens with zero attached hydrogens (tertiary/aromatic N) is 2. The van der Waals surface area contributed by atoms with Crippen molar-refractivity contribution in [3.63, 3.8) is 0 Å². The van der Waals surface area contributed by atoms with Crippen molar-refractivity contribution >= 4 is 40.1 Å². The van der Waals surface area contributed by atoms with Gasteiger partial charge in [0.1, 0.15) is 12.4 Å². The molecule has 1 unspecified atom stereocenters. The van der Waals surface area contributed by atoms with Crippen molar-refractivity contribution < 1.29 is 18.7 Å². The first-order chi connectivity index (χ1) is 15.9. The van der Waals surface area contributed by atoms with Crippen LogP contribution >= 0.6 is 11.6 Å². The summed E-state index contributed by atoms with van der Waals surface area (Å²) in [5, 5.41) is 4.12. The van der Waals surface area contributed by atoms with Crippen LogP contribution in [0.25, 0.3) is 10.9 Å². The molecule has 0 spiro atoms. The summed E-state index contributed by atoms with van der Waals surface area (Å²) in [7, 11) is 0. The number of hydrogen-bond acceptors (Lipinski definition) is 6. The van der Waals surface area contributed by atoms with E-state index < -0.39 is 18.0 Å². The Hall–Kier alpha value is -3.33. The van der Waals surface area contributed by atoms with Gasteiger partial charge in [-0.05, 0) is 43.9 Å². The van der Waals surface area contributed by atoms with E-state index in [-0.39, 0.29) is 30.2 Å². The highest BCUT2D eigenvalue weighted by atomic mass is 35.5. The number of carbonyl (C=O) groups is 1. The van der Waals surface area contributed by atoms with Crippen LogP contribution in [-0.4, -0.2) is 35.8 Å². The molecule has 10 heteroatoms. The van der Waals surface area contributed by atoms with Gasteiger partial charge < -0.3 is 19.8 Å². The molecular formula is C23H22ClFN4O4. The maximum Gasteiger partial charge on any atom is 0.414 e. The number of benzene rings is 1. The number of rotatable bonds is 7. The molecule has 2 aliphatic rings. The zero-order valence-corrected chi connectivity index (χ0v) is 18.6. The van der Waals surface area contributed by atoms with Crippen LogP contribution in [0.4, 0.5) is 20.7 Å². The standard InChI is InChI=1S/C23H22ClFN4O4/c1-12(27-21-20(25)18(4-5-26-21)29-6-7-32-23(29)31)15-8-14-9-16(24)19(33-11-13-2-3-13)10-17(14)28-22(15)30/h4-5,8-10,12-13H,2-3,6-7,11H2,1H3,(H,26,27)(H,28,30). The molecule has 1 aromatic carbocycles. The zero-order chi connectivity index (χ0) is 23.1. The molecule has 0 radical (unpaired) electrons. The Morgan fingerprint density at radius 3 is 2.91 bits per heavy atom. The number of amides is 1. The van der Waals surface area contributed by atoms with Gasteiger partial charge in [0.15, 0.2) is 11.6 Å². The van der Waals surface area contributed by atoms with Gasteiger partial charge in [-0.3, -0.25) is 9.69 Å². The summed E-state index contributed by atoms with van der Waals surface area (Å²) < 4.78 is 25.7. The second-order valence-corrected chi connectivity index (χ2v) is 8.71. The molecule has 1 aliphatic heterocycles. The number of halogens is 2. The van der Waals surface area contributed by atoms with Gasteiger partial charge >= 0.3 is 6.09 Å². The maximum absolute atomic E-state index is 15.1. The van der Waals surface area contributed by atoms with Crippen molar-refractivity contribution in [1.29, 1.82) is 0 Å². The number of hydrogen-bond donors (Lipinski definition) is 2. The van der Waals surface area contributed by atoms with Gasteiger partial charge in [0.25, 0.3) is 5.56 Å². The monoisotopic (exact) mass is 472 g/mol. The molecule has 1 amide bonds. The van der Waals surface area contributed by atoms with E-state index in [1.165, 1.54) is 17.2 Å². The van der Waals surface area contributed by atoms with Gasteiger partial charge in [-0.2, -0.15) is 0 Å². The third kappa shape index (κ3) is 4.32. The average molecular weight is 473 g/mol. The third-order valence-electron chi connectivity index (χ3n) is 5.84. The fraction of sp³-hybridized carbons (Fsp3) is 0.348. The molecule has 2 N–H and O–H groups in total. The number of H-pyrrole nitrogens is 1. The quantitative estimate of drug-likeness (QED) is 0.520. The van der Waals surface area contributed by atoms with Gasteiger partial charge in [-0.1, -0.05) is 11.6 Å². The van der Waals surface area contributed by atoms with Crippen LogP contribution in [0.3, 0.4) is 0 Å². The molecule has 1 saturated heterocycles. The van der Waals surface area contributed by atoms with E-state index in [2.05, 4.69) is 15.3 Å². The molecule has 172 valence electrons. The zero-order valence-electron chi connectivity index (χ0n) is 17.9. The van der Waals surface area contributed by atoms with E-state index in [1.54, 1.807) is 25.1 Å². The highest BCUT2D eigenvalue weighted by Gasteiger charge is 2.28. The summed E-state index contributed by atoms with van der Waals surface area (Å²) in [5.41, 5.74) is 0.736. The minimum absolute atomic E-state index is 0.0685. The largest absolute Gasteiger partial charge is 0.492 e. The Balaban J connectivity index is 1.41. The molecular weight excluding hydrogens is 451 g/mol. The van der Waals surface area contributed by atoms with Gasteiger partial charge in [0.05, 0.1) is 35.4 Å². The Bertz CT molecular complexity index is 1290. The first-order valence-electron chi connectivity index (χ1n) is 10.8. The van der Waals surface area contributed by atoms with Crippen molar-refractivity contribution in [3.05, 3.63) is 57.2 Å². The molecule has 5 rings (SSSR count). The average Bonchev–Trinajstić information content (AvgIpc) is 3.52. The fourth-order valence-corrected chi connectivity index (χ4v) is 4.01. The maximum atomic E-state index is 15.1. The van der Waals surface area contributed by atoms with Crippen LogP contribution in [-0.2, 0) is 4.74 Å². The molecule has 2 fully saturated rings. The molecule has 3 heterocycles. The minimum atomic E-state index is -0.694. The van der Waals surface area contributed by atoms with E-state index in [0.29, 0.717) is 34.4 Å². The molecule has 33 heavy (non-hydrogen) atoms. The predicted molar refractivity (Wildman–Crippen MR) is 123 cm³/mol. The van der Waals surface area contributed by atoms with E-state index in [1.807, 2.05) is 0 Å². The number of aromatic nitrogens is 2. The number of carbonyl (C=O) groups excluding carboxylic acids is 1. The van der Waals surface area contributed by atoms with Gasteiger partial charge in [-0.25, -0.2) is 14.2 Å². The summed E-state index contributed by atoms with van der Waals surface area (Å²) in [6.07, 6.45) is 3.11. The minimum Gasteiger partial charge on any atom is -0.492 e. The van der Waals surface area contributed by atoms with Crippen LogP contribution in [0.15, 0.2) is 35.3 Å². The van der Waals surface area contributed by atoms with Crippen molar-refractivity contribution in [2.24, 2.45) is 5.92 Å². The number of cyclic esters (lactones) is 1. The third-order valence-corrected chi connectivity index (χ3v) is 6.13. The number of aromatic amines is 1. The Morgan fingerprint density at radius 2 is 2.18 bits per heavy atom. The lowest BCUT2D eigenvalue weighted by Crippen LogP contribution is -2.25. The highest BCUT2D eigenvalue weighted by molar-refractivity contribution is 6.32. The van der Waals surface area contributed by atoms with Crippen LogP contribution in [0.5, 0.6) is 5.75 Å². The van der Waals surface area contributed by atoms with Crippen LogP contribution in [0, 0.1) is 11.7 Å². The van der Waals surface area contributed by atoms with Crippen LogP contribution in [0.2, 0.25) is 5.02 Å². The lowest BCUT2D eigenvalue weighted by Gasteiger charge is -2.19. The number of anilines is 2. The summed E-state index contributed by atoms with van der Waals surface area (Å²) in [5.74, 6) is 0.352. The first kappa shape index (κ1) is 21.5. The van der Waals surface area contributed by atoms with Gasteiger partial charge in [0.2, 0.25) is 0 Å². The Kier molecular flexibility index (Phi) is 5.57. The van der Waals surface area contributed by atoms with Crippen molar-refractivity contribution in [1.82, 2.24) is 9.97 Å².